The van der Waals surface area contributed by atoms with Crippen LogP contribution in [0.2, 0.25) is 0 Å². The summed E-state index contributed by atoms with van der Waals surface area (Å²) in [5.41, 5.74) is 20.1. The van der Waals surface area contributed by atoms with E-state index in [-0.39, 0.29) is 0 Å². The van der Waals surface area contributed by atoms with Crippen LogP contribution in [0.5, 0.6) is 0 Å². The van der Waals surface area contributed by atoms with Gasteiger partial charge in [0.1, 0.15) is 0 Å². The molecule has 14 aromatic rings. The second-order valence-electron chi connectivity index (χ2n) is 19.4. The number of rotatable bonds is 11. The van der Waals surface area contributed by atoms with Gasteiger partial charge in [-0.1, -0.05) is 158 Å². The van der Waals surface area contributed by atoms with Crippen LogP contribution in [0.15, 0.2) is 303 Å². The minimum absolute atomic E-state index is 1.06. The summed E-state index contributed by atoms with van der Waals surface area (Å²) in [4.78, 5) is 4.77. The monoisotopic (exact) mass is 970 g/mol. The fourth-order valence-corrected chi connectivity index (χ4v) is 11.4. The van der Waals surface area contributed by atoms with Crippen LogP contribution in [-0.2, 0) is 0 Å². The highest BCUT2D eigenvalue weighted by Crippen LogP contribution is 2.45. The molecule has 0 saturated carbocycles. The van der Waals surface area contributed by atoms with Crippen molar-refractivity contribution < 1.29 is 0 Å². The minimum atomic E-state index is 1.06. The molecule has 0 aliphatic heterocycles. The average Bonchev–Trinajstić information content (AvgIpc) is 4.10. The zero-order valence-electron chi connectivity index (χ0n) is 41.7. The van der Waals surface area contributed by atoms with Gasteiger partial charge >= 0.3 is 0 Å². The Morgan fingerprint density at radius 1 is 0.184 bits per heavy atom. The molecule has 358 valence electrons. The Kier molecular flexibility index (Phi) is 11.2. The van der Waals surface area contributed by atoms with Crippen LogP contribution in [-0.4, -0.2) is 9.13 Å². The van der Waals surface area contributed by atoms with Crippen LogP contribution in [0.25, 0.3) is 88.4 Å². The van der Waals surface area contributed by atoms with Crippen LogP contribution >= 0.6 is 0 Å². The molecule has 0 saturated heterocycles. The van der Waals surface area contributed by atoms with Crippen molar-refractivity contribution in [2.45, 2.75) is 0 Å². The highest BCUT2D eigenvalue weighted by molar-refractivity contribution is 6.12. The van der Waals surface area contributed by atoms with Gasteiger partial charge in [0.05, 0.1) is 22.1 Å². The predicted molar refractivity (Wildman–Crippen MR) is 321 cm³/mol. The van der Waals surface area contributed by atoms with E-state index < -0.39 is 0 Å². The van der Waals surface area contributed by atoms with Crippen LogP contribution in [0, 0.1) is 0 Å². The van der Waals surface area contributed by atoms with Crippen molar-refractivity contribution in [3.05, 3.63) is 303 Å². The maximum absolute atomic E-state index is 2.39. The lowest BCUT2D eigenvalue weighted by atomic mass is 9.93. The van der Waals surface area contributed by atoms with E-state index in [1.54, 1.807) is 0 Å². The van der Waals surface area contributed by atoms with Gasteiger partial charge in [0.2, 0.25) is 0 Å². The molecule has 0 fully saturated rings. The maximum Gasteiger partial charge on any atom is 0.0541 e. The summed E-state index contributed by atoms with van der Waals surface area (Å²) in [5, 5.41) is 4.86. The highest BCUT2D eigenvalue weighted by atomic mass is 15.1. The Hall–Kier alpha value is -10.2. The molecular weight excluding hydrogens is 921 g/mol. The van der Waals surface area contributed by atoms with E-state index >= 15 is 0 Å². The standard InChI is InChI=1S/C72H50N4/c1-7-23-57(24-8-1)73(58-25-9-2-10-26-58)63-45-53(51-39-41-71-67(49-51)65-35-19-21-37-69(65)75(71)61-31-15-5-16-32-61)43-55(47-63)56-44-54(46-64(48-56)74(59-27-11-3-12-28-59)60-29-13-4-14-30-60)52-40-42-72-68(50-52)66-36-20-22-38-70(66)76(72)62-33-17-6-18-34-62/h1-50H. The van der Waals surface area contributed by atoms with Crippen molar-refractivity contribution in [3.63, 3.8) is 0 Å². The molecule has 2 heterocycles. The number of aromatic nitrogens is 2. The van der Waals surface area contributed by atoms with Crippen LogP contribution in [0.1, 0.15) is 0 Å². The third-order valence-corrected chi connectivity index (χ3v) is 14.8. The van der Waals surface area contributed by atoms with Gasteiger partial charge in [0.25, 0.3) is 0 Å². The Bertz CT molecular complexity index is 4010. The van der Waals surface area contributed by atoms with Crippen molar-refractivity contribution in [2.24, 2.45) is 0 Å². The summed E-state index contributed by atoms with van der Waals surface area (Å²) in [6.45, 7) is 0. The summed E-state index contributed by atoms with van der Waals surface area (Å²) in [6, 6.07) is 110. The Balaban J connectivity index is 1.03. The molecule has 2 aromatic heterocycles. The van der Waals surface area contributed by atoms with Crippen molar-refractivity contribution >= 4 is 77.7 Å². The molecule has 0 aliphatic carbocycles. The summed E-state index contributed by atoms with van der Waals surface area (Å²) in [6.07, 6.45) is 0. The first kappa shape index (κ1) is 44.5. The molecule has 14 rings (SSSR count). The quantitative estimate of drug-likeness (QED) is 0.128. The van der Waals surface area contributed by atoms with E-state index in [1.165, 1.54) is 43.6 Å². The first-order chi connectivity index (χ1) is 37.7. The van der Waals surface area contributed by atoms with E-state index in [0.717, 1.165) is 78.9 Å². The lowest BCUT2D eigenvalue weighted by molar-refractivity contribution is 1.18. The molecule has 0 N–H and O–H groups in total. The SMILES string of the molecule is c1ccc(N(c2ccccc2)c2cc(-c3cc(-c4ccc5c(c4)c4ccccc4n5-c4ccccc4)cc(N(c4ccccc4)c4ccccc4)c3)cc(-c3ccc4c(c3)c3ccccc3n4-c3ccccc3)c2)cc1. The van der Waals surface area contributed by atoms with Gasteiger partial charge in [0, 0.05) is 67.0 Å². The van der Waals surface area contributed by atoms with Gasteiger partial charge in [-0.25, -0.2) is 0 Å². The molecule has 76 heavy (non-hydrogen) atoms. The predicted octanol–water partition coefficient (Wildman–Crippen LogP) is 19.8. The van der Waals surface area contributed by atoms with Gasteiger partial charge in [-0.15, -0.1) is 0 Å². The summed E-state index contributed by atoms with van der Waals surface area (Å²) >= 11 is 0. The van der Waals surface area contributed by atoms with Crippen molar-refractivity contribution in [1.82, 2.24) is 9.13 Å². The number of fused-ring (bicyclic) bond motifs is 6. The van der Waals surface area contributed by atoms with Crippen molar-refractivity contribution in [2.75, 3.05) is 9.80 Å². The smallest absolute Gasteiger partial charge is 0.0541 e. The number of hydrogen-bond donors (Lipinski definition) is 0. The van der Waals surface area contributed by atoms with Gasteiger partial charge in [0.15, 0.2) is 0 Å². The van der Waals surface area contributed by atoms with E-state index in [0.29, 0.717) is 0 Å². The number of hydrogen-bond acceptors (Lipinski definition) is 2. The summed E-state index contributed by atoms with van der Waals surface area (Å²) < 4.78 is 4.77. The Labute approximate surface area is 442 Å². The van der Waals surface area contributed by atoms with Gasteiger partial charge in [-0.2, -0.15) is 0 Å². The van der Waals surface area contributed by atoms with Crippen molar-refractivity contribution in [1.29, 1.82) is 0 Å². The highest BCUT2D eigenvalue weighted by Gasteiger charge is 2.21. The fraction of sp³-hybridized carbons (Fsp3) is 0. The summed E-state index contributed by atoms with van der Waals surface area (Å²) in [7, 11) is 0. The average molecular weight is 971 g/mol. The Morgan fingerprint density at radius 2 is 0.461 bits per heavy atom. The lowest BCUT2D eigenvalue weighted by Gasteiger charge is -2.28. The molecule has 4 nitrogen and oxygen atoms in total. The molecule has 0 unspecified atom stereocenters. The minimum Gasteiger partial charge on any atom is -0.310 e. The van der Waals surface area contributed by atoms with Gasteiger partial charge in [-0.3, -0.25) is 0 Å². The molecule has 0 bridgehead atoms. The zero-order valence-corrected chi connectivity index (χ0v) is 41.7. The molecule has 0 radical (unpaired) electrons. The van der Waals surface area contributed by atoms with Crippen LogP contribution in [0.4, 0.5) is 34.1 Å². The first-order valence-corrected chi connectivity index (χ1v) is 26.0. The second-order valence-corrected chi connectivity index (χ2v) is 19.4. The largest absolute Gasteiger partial charge is 0.310 e. The normalized spacial score (nSPS) is 11.4. The number of para-hydroxylation sites is 8. The van der Waals surface area contributed by atoms with E-state index in [9.17, 15) is 0 Å². The van der Waals surface area contributed by atoms with E-state index in [4.69, 9.17) is 0 Å². The van der Waals surface area contributed by atoms with Crippen LogP contribution < -0.4 is 9.80 Å². The molecule has 0 spiro atoms. The molecule has 12 aromatic carbocycles. The van der Waals surface area contributed by atoms with Gasteiger partial charge in [-0.05, 0) is 179 Å². The van der Waals surface area contributed by atoms with E-state index in [2.05, 4.69) is 322 Å². The van der Waals surface area contributed by atoms with Gasteiger partial charge < -0.3 is 18.9 Å². The third-order valence-electron chi connectivity index (χ3n) is 14.8. The topological polar surface area (TPSA) is 16.3 Å². The second kappa shape index (κ2) is 19.0. The number of benzene rings is 12. The van der Waals surface area contributed by atoms with E-state index in [1.807, 2.05) is 0 Å². The van der Waals surface area contributed by atoms with Crippen molar-refractivity contribution in [3.8, 4) is 44.8 Å². The Morgan fingerprint density at radius 3 is 0.803 bits per heavy atom. The summed E-state index contributed by atoms with van der Waals surface area (Å²) in [5.74, 6) is 0. The fourth-order valence-electron chi connectivity index (χ4n) is 11.4. The number of nitrogens with zero attached hydrogens (tertiary/aromatic N) is 4. The molecule has 0 atom stereocenters. The molecule has 4 heteroatoms. The molecular formula is C72H50N4. The maximum atomic E-state index is 2.39. The number of anilines is 6. The zero-order chi connectivity index (χ0) is 50.4. The molecule has 0 amide bonds. The van der Waals surface area contributed by atoms with Crippen LogP contribution in [0.3, 0.4) is 0 Å². The first-order valence-electron chi connectivity index (χ1n) is 26.0. The lowest BCUT2D eigenvalue weighted by Crippen LogP contribution is -2.11. The molecule has 0 aliphatic rings. The third kappa shape index (κ3) is 7.97.